The van der Waals surface area contributed by atoms with E-state index in [9.17, 15) is 9.18 Å². The standard InChI is InChI=1S/C17H12FNO2/c18-14-8-6-12(7-9-14)15(20)11-21-16-5-1-3-13-4-2-10-19-17(13)16/h1-10H,11H2. The molecule has 0 fully saturated rings. The normalized spacial score (nSPS) is 10.5. The van der Waals surface area contributed by atoms with Gasteiger partial charge in [-0.25, -0.2) is 4.39 Å². The number of nitrogens with zero attached hydrogens (tertiary/aromatic N) is 1. The Morgan fingerprint density at radius 3 is 2.62 bits per heavy atom. The Hall–Kier alpha value is -2.75. The number of halogens is 1. The number of para-hydroxylation sites is 1. The van der Waals surface area contributed by atoms with Crippen molar-refractivity contribution in [2.24, 2.45) is 0 Å². The molecule has 0 bridgehead atoms. The Bertz CT molecular complexity index is 779. The number of hydrogen-bond acceptors (Lipinski definition) is 3. The molecule has 21 heavy (non-hydrogen) atoms. The third-order valence-corrected chi connectivity index (χ3v) is 3.12. The fourth-order valence-electron chi connectivity index (χ4n) is 2.06. The zero-order chi connectivity index (χ0) is 14.7. The van der Waals surface area contributed by atoms with Crippen molar-refractivity contribution in [1.29, 1.82) is 0 Å². The van der Waals surface area contributed by atoms with Gasteiger partial charge in [-0.1, -0.05) is 18.2 Å². The third kappa shape index (κ3) is 2.89. The first-order valence-electron chi connectivity index (χ1n) is 6.49. The molecule has 3 aromatic rings. The van der Waals surface area contributed by atoms with Crippen LogP contribution in [-0.2, 0) is 0 Å². The molecule has 0 radical (unpaired) electrons. The molecular weight excluding hydrogens is 269 g/mol. The SMILES string of the molecule is O=C(COc1cccc2cccnc12)c1ccc(F)cc1. The summed E-state index contributed by atoms with van der Waals surface area (Å²) >= 11 is 0. The van der Waals surface area contributed by atoms with Crippen LogP contribution >= 0.6 is 0 Å². The number of benzene rings is 2. The third-order valence-electron chi connectivity index (χ3n) is 3.12. The highest BCUT2D eigenvalue weighted by atomic mass is 19.1. The second kappa shape index (κ2) is 5.71. The summed E-state index contributed by atoms with van der Waals surface area (Å²) in [5, 5.41) is 0.948. The number of ketones is 1. The second-order valence-electron chi connectivity index (χ2n) is 4.55. The van der Waals surface area contributed by atoms with Gasteiger partial charge in [0, 0.05) is 17.1 Å². The van der Waals surface area contributed by atoms with E-state index in [2.05, 4.69) is 4.98 Å². The number of carbonyl (C=O) groups excluding carboxylic acids is 1. The van der Waals surface area contributed by atoms with Crippen molar-refractivity contribution in [2.45, 2.75) is 0 Å². The van der Waals surface area contributed by atoms with Crippen LogP contribution in [0.4, 0.5) is 4.39 Å². The first-order chi connectivity index (χ1) is 10.2. The summed E-state index contributed by atoms with van der Waals surface area (Å²) in [6.45, 7) is -0.110. The van der Waals surface area contributed by atoms with E-state index in [4.69, 9.17) is 4.74 Å². The van der Waals surface area contributed by atoms with Gasteiger partial charge in [0.2, 0.25) is 0 Å². The fraction of sp³-hybridized carbons (Fsp3) is 0.0588. The molecule has 0 unspecified atom stereocenters. The summed E-state index contributed by atoms with van der Waals surface area (Å²) in [6, 6.07) is 14.7. The lowest BCUT2D eigenvalue weighted by Gasteiger charge is -2.08. The Morgan fingerprint density at radius 1 is 1.05 bits per heavy atom. The van der Waals surface area contributed by atoms with Crippen molar-refractivity contribution in [3.8, 4) is 5.75 Å². The van der Waals surface area contributed by atoms with Crippen LogP contribution in [0.1, 0.15) is 10.4 Å². The van der Waals surface area contributed by atoms with E-state index in [0.29, 0.717) is 16.8 Å². The zero-order valence-corrected chi connectivity index (χ0v) is 11.1. The molecular formula is C17H12FNO2. The number of carbonyl (C=O) groups is 1. The molecule has 1 heterocycles. The van der Waals surface area contributed by atoms with Crippen molar-refractivity contribution in [3.05, 3.63) is 72.2 Å². The van der Waals surface area contributed by atoms with E-state index in [-0.39, 0.29) is 18.2 Å². The first-order valence-corrected chi connectivity index (χ1v) is 6.49. The number of fused-ring (bicyclic) bond motifs is 1. The summed E-state index contributed by atoms with van der Waals surface area (Å²) < 4.78 is 18.4. The van der Waals surface area contributed by atoms with Crippen LogP contribution in [0.3, 0.4) is 0 Å². The van der Waals surface area contributed by atoms with E-state index < -0.39 is 0 Å². The van der Waals surface area contributed by atoms with Gasteiger partial charge >= 0.3 is 0 Å². The molecule has 0 saturated carbocycles. The number of ether oxygens (including phenoxy) is 1. The van der Waals surface area contributed by atoms with Gasteiger partial charge in [-0.3, -0.25) is 9.78 Å². The number of hydrogen-bond donors (Lipinski definition) is 0. The van der Waals surface area contributed by atoms with Crippen LogP contribution in [0, 0.1) is 5.82 Å². The number of pyridine rings is 1. The van der Waals surface area contributed by atoms with Gasteiger partial charge in [0.1, 0.15) is 17.1 Å². The van der Waals surface area contributed by atoms with Gasteiger partial charge in [-0.2, -0.15) is 0 Å². The van der Waals surface area contributed by atoms with Crippen molar-refractivity contribution < 1.29 is 13.9 Å². The largest absolute Gasteiger partial charge is 0.483 e. The monoisotopic (exact) mass is 281 g/mol. The molecule has 104 valence electrons. The van der Waals surface area contributed by atoms with Gasteiger partial charge in [0.15, 0.2) is 12.4 Å². The zero-order valence-electron chi connectivity index (χ0n) is 11.1. The van der Waals surface area contributed by atoms with Crippen molar-refractivity contribution >= 4 is 16.7 Å². The van der Waals surface area contributed by atoms with Gasteiger partial charge in [0.25, 0.3) is 0 Å². The van der Waals surface area contributed by atoms with Gasteiger partial charge in [-0.15, -0.1) is 0 Å². The Balaban J connectivity index is 1.77. The smallest absolute Gasteiger partial charge is 0.200 e. The number of aromatic nitrogens is 1. The average Bonchev–Trinajstić information content (AvgIpc) is 2.53. The van der Waals surface area contributed by atoms with Crippen LogP contribution in [0.25, 0.3) is 10.9 Å². The minimum absolute atomic E-state index is 0.110. The quantitative estimate of drug-likeness (QED) is 0.685. The Morgan fingerprint density at radius 2 is 1.81 bits per heavy atom. The average molecular weight is 281 g/mol. The van der Waals surface area contributed by atoms with Gasteiger partial charge in [0.05, 0.1) is 0 Å². The second-order valence-corrected chi connectivity index (χ2v) is 4.55. The molecule has 1 aromatic heterocycles. The van der Waals surface area contributed by atoms with Gasteiger partial charge in [-0.05, 0) is 36.4 Å². The minimum atomic E-state index is -0.370. The maximum Gasteiger partial charge on any atom is 0.200 e. The van der Waals surface area contributed by atoms with E-state index in [1.807, 2.05) is 24.3 Å². The maximum absolute atomic E-state index is 12.8. The number of Topliss-reactive ketones (excluding diaryl/α,β-unsaturated/α-hetero) is 1. The lowest BCUT2D eigenvalue weighted by Crippen LogP contribution is -2.11. The van der Waals surface area contributed by atoms with E-state index in [1.54, 1.807) is 12.3 Å². The fourth-order valence-corrected chi connectivity index (χ4v) is 2.06. The highest BCUT2D eigenvalue weighted by molar-refractivity contribution is 5.97. The molecule has 3 nitrogen and oxygen atoms in total. The minimum Gasteiger partial charge on any atom is -0.483 e. The molecule has 0 saturated heterocycles. The molecule has 0 aliphatic carbocycles. The predicted molar refractivity (Wildman–Crippen MR) is 78.0 cm³/mol. The van der Waals surface area contributed by atoms with Crippen LogP contribution in [-0.4, -0.2) is 17.4 Å². The highest BCUT2D eigenvalue weighted by Gasteiger charge is 2.09. The molecule has 4 heteroatoms. The van der Waals surface area contributed by atoms with Crippen molar-refractivity contribution in [3.63, 3.8) is 0 Å². The summed E-state index contributed by atoms with van der Waals surface area (Å²) in [5.41, 5.74) is 1.14. The molecule has 0 atom stereocenters. The molecule has 0 aliphatic rings. The molecule has 0 N–H and O–H groups in total. The summed E-state index contributed by atoms with van der Waals surface area (Å²) in [6.07, 6.45) is 1.68. The Kier molecular flexibility index (Phi) is 3.60. The van der Waals surface area contributed by atoms with E-state index >= 15 is 0 Å². The van der Waals surface area contributed by atoms with Crippen LogP contribution in [0.2, 0.25) is 0 Å². The summed E-state index contributed by atoms with van der Waals surface area (Å²) in [5.74, 6) is -0.0165. The van der Waals surface area contributed by atoms with Crippen molar-refractivity contribution in [2.75, 3.05) is 6.61 Å². The molecule has 0 amide bonds. The van der Waals surface area contributed by atoms with Crippen LogP contribution < -0.4 is 4.74 Å². The van der Waals surface area contributed by atoms with Crippen LogP contribution in [0.15, 0.2) is 60.8 Å². The van der Waals surface area contributed by atoms with Gasteiger partial charge < -0.3 is 4.74 Å². The maximum atomic E-state index is 12.8. The topological polar surface area (TPSA) is 39.2 Å². The molecule has 2 aromatic carbocycles. The predicted octanol–water partition coefficient (Wildman–Crippen LogP) is 3.64. The highest BCUT2D eigenvalue weighted by Crippen LogP contribution is 2.23. The Labute approximate surface area is 121 Å². The lowest BCUT2D eigenvalue weighted by molar-refractivity contribution is 0.0922. The van der Waals surface area contributed by atoms with Crippen molar-refractivity contribution in [1.82, 2.24) is 4.98 Å². The van der Waals surface area contributed by atoms with Crippen LogP contribution in [0.5, 0.6) is 5.75 Å². The number of rotatable bonds is 4. The summed E-state index contributed by atoms with van der Waals surface area (Å²) in [4.78, 5) is 16.3. The molecule has 0 aliphatic heterocycles. The lowest BCUT2D eigenvalue weighted by atomic mass is 10.1. The van der Waals surface area contributed by atoms with E-state index in [1.165, 1.54) is 24.3 Å². The molecule has 0 spiro atoms. The summed E-state index contributed by atoms with van der Waals surface area (Å²) in [7, 11) is 0. The first kappa shape index (κ1) is 13.2. The van der Waals surface area contributed by atoms with E-state index in [0.717, 1.165) is 5.39 Å². The molecule has 3 rings (SSSR count).